The van der Waals surface area contributed by atoms with E-state index in [1.807, 2.05) is 24.3 Å². The van der Waals surface area contributed by atoms with Gasteiger partial charge in [0.25, 0.3) is 0 Å². The summed E-state index contributed by atoms with van der Waals surface area (Å²) in [5.41, 5.74) is 1.67. The van der Waals surface area contributed by atoms with E-state index in [1.54, 1.807) is 0 Å². The van der Waals surface area contributed by atoms with Crippen LogP contribution in [0.1, 0.15) is 25.5 Å². The molecule has 0 saturated carbocycles. The summed E-state index contributed by atoms with van der Waals surface area (Å²) in [7, 11) is 0. The molecule has 2 nitrogen and oxygen atoms in total. The highest BCUT2D eigenvalue weighted by Crippen LogP contribution is 2.48. The summed E-state index contributed by atoms with van der Waals surface area (Å²) in [5, 5.41) is 0. The summed E-state index contributed by atoms with van der Waals surface area (Å²) in [5.74, 6) is 1.15. The first-order chi connectivity index (χ1) is 8.18. The van der Waals surface area contributed by atoms with E-state index < -0.39 is 0 Å². The molecule has 3 rings (SSSR count). The van der Waals surface area contributed by atoms with Crippen LogP contribution in [0.2, 0.25) is 0 Å². The van der Waals surface area contributed by atoms with Crippen LogP contribution in [0.25, 0.3) is 0 Å². The van der Waals surface area contributed by atoms with Crippen molar-refractivity contribution in [2.75, 3.05) is 5.75 Å². The lowest BCUT2D eigenvalue weighted by Gasteiger charge is -2.40. The van der Waals surface area contributed by atoms with Gasteiger partial charge in [-0.3, -0.25) is 0 Å². The van der Waals surface area contributed by atoms with Gasteiger partial charge in [-0.05, 0) is 17.0 Å². The Bertz CT molecular complexity index is 517. The van der Waals surface area contributed by atoms with Crippen LogP contribution >= 0.6 is 11.8 Å². The topological polar surface area (TPSA) is 17.8 Å². The number of imidazole rings is 1. The molecule has 1 aliphatic rings. The lowest BCUT2D eigenvalue weighted by molar-refractivity contribution is 0.282. The average Bonchev–Trinajstić information content (AvgIpc) is 2.81. The van der Waals surface area contributed by atoms with Crippen molar-refractivity contribution < 1.29 is 0 Å². The fourth-order valence-electron chi connectivity index (χ4n) is 2.59. The van der Waals surface area contributed by atoms with Crippen LogP contribution in [0.3, 0.4) is 0 Å². The molecule has 0 N–H and O–H groups in total. The average molecular weight is 244 g/mol. The Morgan fingerprint density at radius 3 is 2.94 bits per heavy atom. The van der Waals surface area contributed by atoms with Gasteiger partial charge in [0.15, 0.2) is 0 Å². The smallest absolute Gasteiger partial charge is 0.0951 e. The van der Waals surface area contributed by atoms with E-state index in [0.717, 1.165) is 5.75 Å². The van der Waals surface area contributed by atoms with Gasteiger partial charge in [0, 0.05) is 23.0 Å². The van der Waals surface area contributed by atoms with Crippen molar-refractivity contribution in [2.45, 2.75) is 24.8 Å². The summed E-state index contributed by atoms with van der Waals surface area (Å²) < 4.78 is 2.23. The van der Waals surface area contributed by atoms with Gasteiger partial charge in [-0.2, -0.15) is 0 Å². The van der Waals surface area contributed by atoms with Crippen LogP contribution in [-0.2, 0) is 0 Å². The molecule has 1 aromatic carbocycles. The molecule has 2 heterocycles. The fraction of sp³-hybridized carbons (Fsp3) is 0.357. The zero-order valence-corrected chi connectivity index (χ0v) is 10.9. The highest BCUT2D eigenvalue weighted by molar-refractivity contribution is 7.99. The van der Waals surface area contributed by atoms with Crippen molar-refractivity contribution in [3.8, 4) is 0 Å². The molecule has 3 heteroatoms. The molecule has 0 bridgehead atoms. The minimum atomic E-state index is 0.250. The number of hydrogen-bond acceptors (Lipinski definition) is 2. The summed E-state index contributed by atoms with van der Waals surface area (Å²) >= 11 is 1.96. The maximum absolute atomic E-state index is 4.19. The Morgan fingerprint density at radius 2 is 2.18 bits per heavy atom. The lowest BCUT2D eigenvalue weighted by atomic mass is 9.81. The van der Waals surface area contributed by atoms with Gasteiger partial charge in [-0.25, -0.2) is 4.98 Å². The van der Waals surface area contributed by atoms with Crippen molar-refractivity contribution in [2.24, 2.45) is 5.41 Å². The third-order valence-corrected chi connectivity index (χ3v) is 4.95. The van der Waals surface area contributed by atoms with E-state index in [9.17, 15) is 0 Å². The number of aromatic nitrogens is 2. The first-order valence-corrected chi connectivity index (χ1v) is 6.86. The van der Waals surface area contributed by atoms with Crippen molar-refractivity contribution in [1.82, 2.24) is 9.55 Å². The predicted octanol–water partition coefficient (Wildman–Crippen LogP) is 3.60. The molecule has 17 heavy (non-hydrogen) atoms. The minimum absolute atomic E-state index is 0.250. The quantitative estimate of drug-likeness (QED) is 0.762. The molecule has 0 fully saturated rings. The second-order valence-electron chi connectivity index (χ2n) is 5.23. The maximum Gasteiger partial charge on any atom is 0.0951 e. The van der Waals surface area contributed by atoms with Crippen LogP contribution in [-0.4, -0.2) is 15.3 Å². The molecule has 2 aromatic rings. The predicted molar refractivity (Wildman–Crippen MR) is 71.3 cm³/mol. The van der Waals surface area contributed by atoms with Crippen molar-refractivity contribution in [1.29, 1.82) is 0 Å². The molecule has 0 amide bonds. The van der Waals surface area contributed by atoms with Crippen molar-refractivity contribution in [3.05, 3.63) is 48.5 Å². The van der Waals surface area contributed by atoms with Crippen LogP contribution in [0.15, 0.2) is 47.9 Å². The van der Waals surface area contributed by atoms with Crippen LogP contribution in [0.4, 0.5) is 0 Å². The van der Waals surface area contributed by atoms with Gasteiger partial charge >= 0.3 is 0 Å². The van der Waals surface area contributed by atoms with Crippen LogP contribution < -0.4 is 0 Å². The highest BCUT2D eigenvalue weighted by Gasteiger charge is 2.37. The first-order valence-electron chi connectivity index (χ1n) is 5.88. The molecule has 0 saturated heterocycles. The van der Waals surface area contributed by atoms with Gasteiger partial charge in [0.1, 0.15) is 0 Å². The molecule has 0 unspecified atom stereocenters. The SMILES string of the molecule is CC1(C)CSc2ccccc2[C@H]1n1ccnc1. The fourth-order valence-corrected chi connectivity index (χ4v) is 3.79. The van der Waals surface area contributed by atoms with Gasteiger partial charge in [0.2, 0.25) is 0 Å². The van der Waals surface area contributed by atoms with E-state index in [2.05, 4.69) is 53.9 Å². The Labute approximate surface area is 106 Å². The van der Waals surface area contributed by atoms with Gasteiger partial charge in [-0.15, -0.1) is 11.8 Å². The summed E-state index contributed by atoms with van der Waals surface area (Å²) in [6, 6.07) is 9.11. The third kappa shape index (κ3) is 1.78. The molecule has 88 valence electrons. The second kappa shape index (κ2) is 3.91. The largest absolute Gasteiger partial charge is 0.329 e. The molecular weight excluding hydrogens is 228 g/mol. The van der Waals surface area contributed by atoms with Gasteiger partial charge in [-0.1, -0.05) is 32.0 Å². The normalized spacial score (nSPS) is 22.1. The number of rotatable bonds is 1. The number of fused-ring (bicyclic) bond motifs is 1. The van der Waals surface area contributed by atoms with E-state index in [0.29, 0.717) is 6.04 Å². The van der Waals surface area contributed by atoms with Gasteiger partial charge < -0.3 is 4.57 Å². The number of thioether (sulfide) groups is 1. The molecule has 0 radical (unpaired) electrons. The summed E-state index contributed by atoms with van der Waals surface area (Å²) in [6.07, 6.45) is 5.86. The first kappa shape index (κ1) is 10.9. The van der Waals surface area contributed by atoms with Crippen molar-refractivity contribution >= 4 is 11.8 Å². The summed E-state index contributed by atoms with van der Waals surface area (Å²) in [6.45, 7) is 4.67. The number of hydrogen-bond donors (Lipinski definition) is 0. The van der Waals surface area contributed by atoms with E-state index >= 15 is 0 Å². The Kier molecular flexibility index (Phi) is 2.51. The maximum atomic E-state index is 4.19. The van der Waals surface area contributed by atoms with E-state index in [-0.39, 0.29) is 5.41 Å². The second-order valence-corrected chi connectivity index (χ2v) is 6.24. The zero-order valence-electron chi connectivity index (χ0n) is 10.1. The summed E-state index contributed by atoms with van der Waals surface area (Å²) in [4.78, 5) is 5.60. The monoisotopic (exact) mass is 244 g/mol. The Hall–Kier alpha value is -1.22. The molecule has 1 atom stereocenters. The van der Waals surface area contributed by atoms with Crippen LogP contribution in [0.5, 0.6) is 0 Å². The minimum Gasteiger partial charge on any atom is -0.329 e. The Balaban J connectivity index is 2.16. The molecule has 0 spiro atoms. The van der Waals surface area contributed by atoms with Crippen molar-refractivity contribution in [3.63, 3.8) is 0 Å². The van der Waals surface area contributed by atoms with Gasteiger partial charge in [0.05, 0.1) is 12.4 Å². The number of benzene rings is 1. The Morgan fingerprint density at radius 1 is 1.35 bits per heavy atom. The number of nitrogens with zero attached hydrogens (tertiary/aromatic N) is 2. The highest BCUT2D eigenvalue weighted by atomic mass is 32.2. The van der Waals surface area contributed by atoms with Crippen LogP contribution in [0, 0.1) is 5.41 Å². The van der Waals surface area contributed by atoms with E-state index in [4.69, 9.17) is 0 Å². The molecule has 1 aromatic heterocycles. The molecule has 0 aliphatic carbocycles. The molecular formula is C14H16N2S. The zero-order chi connectivity index (χ0) is 11.9. The lowest BCUT2D eigenvalue weighted by Crippen LogP contribution is -2.33. The standard InChI is InChI=1S/C14H16N2S/c1-14(2)9-17-12-6-4-3-5-11(12)13(14)16-8-7-15-10-16/h3-8,10,13H,9H2,1-2H3/t13-/m1/s1. The van der Waals surface area contributed by atoms with E-state index in [1.165, 1.54) is 10.5 Å². The molecule has 1 aliphatic heterocycles. The third-order valence-electron chi connectivity index (χ3n) is 3.38.